The minimum absolute atomic E-state index is 0.115. The Kier molecular flexibility index (Phi) is 9.93. The molecule has 1 aliphatic heterocycles. The van der Waals surface area contributed by atoms with Gasteiger partial charge < -0.3 is 25.3 Å². The Labute approximate surface area is 169 Å². The smallest absolute Gasteiger partial charge is 0.188 e. The number of nitrogens with two attached hydrogens (primary N) is 1. The molecule has 0 aromatic heterocycles. The van der Waals surface area contributed by atoms with Gasteiger partial charge >= 0.3 is 0 Å². The maximum absolute atomic E-state index is 6.10. The van der Waals surface area contributed by atoms with E-state index in [-0.39, 0.29) is 6.04 Å². The van der Waals surface area contributed by atoms with Crippen molar-refractivity contribution in [1.82, 2.24) is 10.2 Å². The lowest BCUT2D eigenvalue weighted by Crippen LogP contribution is -2.41. The lowest BCUT2D eigenvalue weighted by atomic mass is 10.0. The van der Waals surface area contributed by atoms with Crippen LogP contribution in [0, 0.1) is 0 Å². The van der Waals surface area contributed by atoms with E-state index < -0.39 is 0 Å². The van der Waals surface area contributed by atoms with Crippen LogP contribution >= 0.6 is 0 Å². The summed E-state index contributed by atoms with van der Waals surface area (Å²) < 4.78 is 16.4. The Bertz CT molecular complexity index is 603. The molecule has 1 aromatic carbocycles. The van der Waals surface area contributed by atoms with E-state index in [0.29, 0.717) is 12.5 Å². The molecule has 0 saturated carbocycles. The van der Waals surface area contributed by atoms with Gasteiger partial charge in [-0.2, -0.15) is 0 Å². The molecule has 7 heteroatoms. The highest BCUT2D eigenvalue weighted by atomic mass is 16.5. The van der Waals surface area contributed by atoms with Crippen LogP contribution in [0.2, 0.25) is 0 Å². The topological polar surface area (TPSA) is 81.3 Å². The number of benzene rings is 1. The Morgan fingerprint density at radius 1 is 1.18 bits per heavy atom. The van der Waals surface area contributed by atoms with E-state index in [2.05, 4.69) is 28.2 Å². The first-order valence-corrected chi connectivity index (χ1v) is 10.3. The molecule has 158 valence electrons. The van der Waals surface area contributed by atoms with Gasteiger partial charge in [0.05, 0.1) is 40.0 Å². The third-order valence-corrected chi connectivity index (χ3v) is 5.05. The third kappa shape index (κ3) is 6.87. The zero-order valence-corrected chi connectivity index (χ0v) is 17.6. The number of morpholine rings is 1. The van der Waals surface area contributed by atoms with Crippen LogP contribution in [-0.2, 0) is 4.74 Å². The second-order valence-corrected chi connectivity index (χ2v) is 6.99. The van der Waals surface area contributed by atoms with Gasteiger partial charge in [-0.25, -0.2) is 0 Å². The van der Waals surface area contributed by atoms with Crippen LogP contribution in [0.5, 0.6) is 11.5 Å². The van der Waals surface area contributed by atoms with Gasteiger partial charge in [-0.1, -0.05) is 32.3 Å². The van der Waals surface area contributed by atoms with Gasteiger partial charge in [-0.3, -0.25) is 9.89 Å². The molecule has 0 bridgehead atoms. The molecule has 0 spiro atoms. The van der Waals surface area contributed by atoms with E-state index >= 15 is 0 Å². The molecule has 1 unspecified atom stereocenters. The number of rotatable bonds is 11. The highest BCUT2D eigenvalue weighted by Crippen LogP contribution is 2.32. The van der Waals surface area contributed by atoms with Crippen LogP contribution in [0.3, 0.4) is 0 Å². The van der Waals surface area contributed by atoms with Gasteiger partial charge in [0.25, 0.3) is 0 Å². The van der Waals surface area contributed by atoms with Crippen molar-refractivity contribution >= 4 is 5.96 Å². The van der Waals surface area contributed by atoms with Crippen molar-refractivity contribution in [2.24, 2.45) is 10.7 Å². The Morgan fingerprint density at radius 3 is 2.61 bits per heavy atom. The van der Waals surface area contributed by atoms with Crippen molar-refractivity contribution in [3.05, 3.63) is 23.8 Å². The fourth-order valence-electron chi connectivity index (χ4n) is 3.39. The number of guanidine groups is 1. The molecule has 1 saturated heterocycles. The Hall–Kier alpha value is -1.99. The van der Waals surface area contributed by atoms with Crippen LogP contribution < -0.4 is 20.5 Å². The SMILES string of the molecule is CCCCCCNC(N)=NCC(c1ccc(OC)c(OC)c1)N1CCOCC1. The van der Waals surface area contributed by atoms with Crippen LogP contribution in [0.15, 0.2) is 23.2 Å². The summed E-state index contributed by atoms with van der Waals surface area (Å²) in [5.74, 6) is 1.96. The zero-order valence-electron chi connectivity index (χ0n) is 17.6. The minimum atomic E-state index is 0.115. The van der Waals surface area contributed by atoms with Crippen molar-refractivity contribution in [2.75, 3.05) is 53.6 Å². The predicted octanol–water partition coefficient (Wildman–Crippen LogP) is 2.56. The first-order valence-electron chi connectivity index (χ1n) is 10.3. The van der Waals surface area contributed by atoms with Crippen LogP contribution in [0.4, 0.5) is 0 Å². The largest absolute Gasteiger partial charge is 0.493 e. The molecule has 7 nitrogen and oxygen atoms in total. The molecule has 0 aliphatic carbocycles. The van der Waals surface area contributed by atoms with Gasteiger partial charge in [-0.05, 0) is 24.1 Å². The fraction of sp³-hybridized carbons (Fsp3) is 0.667. The summed E-state index contributed by atoms with van der Waals surface area (Å²) in [6.45, 7) is 6.88. The number of nitrogens with zero attached hydrogens (tertiary/aromatic N) is 2. The number of ether oxygens (including phenoxy) is 3. The molecular formula is C21H36N4O3. The highest BCUT2D eigenvalue weighted by molar-refractivity contribution is 5.77. The second kappa shape index (κ2) is 12.5. The standard InChI is InChI=1S/C21H36N4O3/c1-4-5-6-7-10-23-21(22)24-16-18(25-11-13-28-14-12-25)17-8-9-19(26-2)20(15-17)27-3/h8-9,15,18H,4-7,10-14,16H2,1-3H3,(H3,22,23,24). The minimum Gasteiger partial charge on any atom is -0.493 e. The van der Waals surface area contributed by atoms with Gasteiger partial charge in [0.2, 0.25) is 0 Å². The van der Waals surface area contributed by atoms with E-state index in [1.165, 1.54) is 19.3 Å². The van der Waals surface area contributed by atoms with Crippen molar-refractivity contribution < 1.29 is 14.2 Å². The normalized spacial score (nSPS) is 16.6. The van der Waals surface area contributed by atoms with Crippen LogP contribution in [0.1, 0.15) is 44.2 Å². The number of unbranched alkanes of at least 4 members (excludes halogenated alkanes) is 3. The van der Waals surface area contributed by atoms with Crippen molar-refractivity contribution in [3.8, 4) is 11.5 Å². The first kappa shape index (κ1) is 22.3. The highest BCUT2D eigenvalue weighted by Gasteiger charge is 2.23. The van der Waals surface area contributed by atoms with Crippen molar-refractivity contribution in [1.29, 1.82) is 0 Å². The fourth-order valence-corrected chi connectivity index (χ4v) is 3.39. The monoisotopic (exact) mass is 392 g/mol. The second-order valence-electron chi connectivity index (χ2n) is 6.99. The predicted molar refractivity (Wildman–Crippen MR) is 113 cm³/mol. The summed E-state index contributed by atoms with van der Waals surface area (Å²) in [5, 5.41) is 3.23. The molecule has 0 amide bonds. The average Bonchev–Trinajstić information content (AvgIpc) is 2.74. The first-order chi connectivity index (χ1) is 13.7. The lowest BCUT2D eigenvalue weighted by molar-refractivity contribution is 0.0179. The average molecular weight is 393 g/mol. The van der Waals surface area contributed by atoms with Gasteiger partial charge in [0.15, 0.2) is 17.5 Å². The summed E-state index contributed by atoms with van der Waals surface area (Å²) in [6, 6.07) is 6.17. The number of aliphatic imine (C=N–C) groups is 1. The zero-order chi connectivity index (χ0) is 20.2. The number of hydrogen-bond donors (Lipinski definition) is 2. The van der Waals surface area contributed by atoms with Gasteiger partial charge in [0.1, 0.15) is 0 Å². The molecule has 1 fully saturated rings. The number of hydrogen-bond acceptors (Lipinski definition) is 5. The van der Waals surface area contributed by atoms with Crippen molar-refractivity contribution in [2.45, 2.75) is 38.6 Å². The van der Waals surface area contributed by atoms with Gasteiger partial charge in [0, 0.05) is 19.6 Å². The molecule has 3 N–H and O–H groups in total. The molecule has 1 atom stereocenters. The third-order valence-electron chi connectivity index (χ3n) is 5.05. The molecule has 28 heavy (non-hydrogen) atoms. The maximum atomic E-state index is 6.10. The number of methoxy groups -OCH3 is 2. The van der Waals surface area contributed by atoms with Gasteiger partial charge in [-0.15, -0.1) is 0 Å². The number of nitrogens with one attached hydrogen (secondary N) is 1. The molecular weight excluding hydrogens is 356 g/mol. The van der Waals surface area contributed by atoms with E-state index in [0.717, 1.165) is 56.3 Å². The summed E-state index contributed by atoms with van der Waals surface area (Å²) in [5.41, 5.74) is 7.24. The quantitative estimate of drug-likeness (QED) is 0.342. The summed E-state index contributed by atoms with van der Waals surface area (Å²) in [4.78, 5) is 7.01. The van der Waals surface area contributed by atoms with E-state index in [1.807, 2.05) is 12.1 Å². The Morgan fingerprint density at radius 2 is 1.93 bits per heavy atom. The molecule has 1 heterocycles. The van der Waals surface area contributed by atoms with Crippen LogP contribution in [-0.4, -0.2) is 64.5 Å². The van der Waals surface area contributed by atoms with E-state index in [1.54, 1.807) is 14.2 Å². The molecule has 0 radical (unpaired) electrons. The lowest BCUT2D eigenvalue weighted by Gasteiger charge is -2.34. The van der Waals surface area contributed by atoms with E-state index in [9.17, 15) is 0 Å². The van der Waals surface area contributed by atoms with E-state index in [4.69, 9.17) is 19.9 Å². The molecule has 1 aliphatic rings. The summed E-state index contributed by atoms with van der Waals surface area (Å²) in [7, 11) is 3.30. The van der Waals surface area contributed by atoms with Crippen LogP contribution in [0.25, 0.3) is 0 Å². The summed E-state index contributed by atoms with van der Waals surface area (Å²) in [6.07, 6.45) is 4.83. The molecule has 2 rings (SSSR count). The van der Waals surface area contributed by atoms with Crippen molar-refractivity contribution in [3.63, 3.8) is 0 Å². The Balaban J connectivity index is 2.06. The maximum Gasteiger partial charge on any atom is 0.188 e. The summed E-state index contributed by atoms with van der Waals surface area (Å²) >= 11 is 0. The molecule has 1 aromatic rings.